The number of aliphatic hydroxyl groups is 1. The Bertz CT molecular complexity index is 581. The minimum absolute atomic E-state index is 0.288. The molecule has 0 amide bonds. The minimum atomic E-state index is -0.942. The summed E-state index contributed by atoms with van der Waals surface area (Å²) in [6, 6.07) is 10.3. The Morgan fingerprint density at radius 2 is 1.78 bits per heavy atom. The fourth-order valence-corrected chi connectivity index (χ4v) is 2.40. The monoisotopic (exact) mass is 308 g/mol. The van der Waals surface area contributed by atoms with Crippen LogP contribution in [0.15, 0.2) is 40.9 Å². The summed E-state index contributed by atoms with van der Waals surface area (Å²) < 4.78 is 14.5. The molecule has 18 heavy (non-hydrogen) atoms. The van der Waals surface area contributed by atoms with Crippen molar-refractivity contribution in [2.45, 2.75) is 20.0 Å². The Hall–Kier alpha value is -1.19. The fraction of sp³-hybridized carbons (Fsp3) is 0.200. The SMILES string of the molecule is Cc1ccc(C(O)c2cc(Br)ccc2F)c(C)c1. The summed E-state index contributed by atoms with van der Waals surface area (Å²) in [6.07, 6.45) is -0.942. The van der Waals surface area contributed by atoms with Gasteiger partial charge in [-0.05, 0) is 43.2 Å². The zero-order valence-electron chi connectivity index (χ0n) is 10.2. The number of halogens is 2. The second-order valence-corrected chi connectivity index (χ2v) is 5.34. The third-order valence-corrected chi connectivity index (χ3v) is 3.47. The first-order chi connectivity index (χ1) is 8.49. The molecule has 0 spiro atoms. The maximum Gasteiger partial charge on any atom is 0.129 e. The van der Waals surface area contributed by atoms with E-state index in [-0.39, 0.29) is 5.56 Å². The molecule has 0 saturated heterocycles. The highest BCUT2D eigenvalue weighted by Crippen LogP contribution is 2.29. The molecule has 2 aromatic rings. The van der Waals surface area contributed by atoms with Crippen LogP contribution in [0.2, 0.25) is 0 Å². The lowest BCUT2D eigenvalue weighted by Crippen LogP contribution is -2.04. The van der Waals surface area contributed by atoms with E-state index in [1.165, 1.54) is 6.07 Å². The zero-order chi connectivity index (χ0) is 13.3. The lowest BCUT2D eigenvalue weighted by Gasteiger charge is -2.15. The summed E-state index contributed by atoms with van der Waals surface area (Å²) in [5.74, 6) is -0.398. The predicted molar refractivity (Wildman–Crippen MR) is 74.1 cm³/mol. The van der Waals surface area contributed by atoms with E-state index in [9.17, 15) is 9.50 Å². The van der Waals surface area contributed by atoms with Crippen LogP contribution in [-0.2, 0) is 0 Å². The molecule has 1 atom stereocenters. The van der Waals surface area contributed by atoms with Crippen molar-refractivity contribution in [3.05, 3.63) is 68.9 Å². The fourth-order valence-electron chi connectivity index (χ4n) is 2.02. The molecular weight excluding hydrogens is 295 g/mol. The van der Waals surface area contributed by atoms with Crippen LogP contribution in [0.1, 0.15) is 28.4 Å². The van der Waals surface area contributed by atoms with Gasteiger partial charge in [0, 0.05) is 10.0 Å². The first-order valence-electron chi connectivity index (χ1n) is 5.69. The van der Waals surface area contributed by atoms with Crippen LogP contribution < -0.4 is 0 Å². The van der Waals surface area contributed by atoms with E-state index in [1.807, 2.05) is 32.0 Å². The molecule has 0 aromatic heterocycles. The van der Waals surface area contributed by atoms with Gasteiger partial charge in [-0.15, -0.1) is 0 Å². The van der Waals surface area contributed by atoms with Crippen molar-refractivity contribution in [3.8, 4) is 0 Å². The highest BCUT2D eigenvalue weighted by molar-refractivity contribution is 9.10. The average molecular weight is 309 g/mol. The number of aliphatic hydroxyl groups excluding tert-OH is 1. The Morgan fingerprint density at radius 1 is 1.06 bits per heavy atom. The van der Waals surface area contributed by atoms with Gasteiger partial charge < -0.3 is 5.11 Å². The molecule has 0 radical (unpaired) electrons. The lowest BCUT2D eigenvalue weighted by molar-refractivity contribution is 0.214. The lowest BCUT2D eigenvalue weighted by atomic mass is 9.96. The predicted octanol–water partition coefficient (Wildman–Crippen LogP) is 4.29. The van der Waals surface area contributed by atoms with Gasteiger partial charge in [0.15, 0.2) is 0 Å². The molecule has 2 rings (SSSR count). The molecule has 0 heterocycles. The molecular formula is C15H14BrFO. The summed E-state index contributed by atoms with van der Waals surface area (Å²) in [6.45, 7) is 3.91. The number of benzene rings is 2. The van der Waals surface area contributed by atoms with E-state index in [2.05, 4.69) is 15.9 Å². The third-order valence-electron chi connectivity index (χ3n) is 2.97. The van der Waals surface area contributed by atoms with Gasteiger partial charge in [0.05, 0.1) is 0 Å². The first-order valence-corrected chi connectivity index (χ1v) is 6.48. The summed E-state index contributed by atoms with van der Waals surface area (Å²) in [4.78, 5) is 0. The van der Waals surface area contributed by atoms with Gasteiger partial charge in [-0.2, -0.15) is 0 Å². The molecule has 0 fully saturated rings. The Kier molecular flexibility index (Phi) is 3.83. The summed E-state index contributed by atoms with van der Waals surface area (Å²) in [5.41, 5.74) is 3.11. The summed E-state index contributed by atoms with van der Waals surface area (Å²) >= 11 is 3.29. The van der Waals surface area contributed by atoms with Crippen LogP contribution in [0.3, 0.4) is 0 Å². The van der Waals surface area contributed by atoms with Crippen molar-refractivity contribution in [2.24, 2.45) is 0 Å². The number of aryl methyl sites for hydroxylation is 2. The molecule has 1 nitrogen and oxygen atoms in total. The van der Waals surface area contributed by atoms with E-state index in [0.29, 0.717) is 0 Å². The average Bonchev–Trinajstić information content (AvgIpc) is 2.31. The number of hydrogen-bond acceptors (Lipinski definition) is 1. The third kappa shape index (κ3) is 2.62. The molecule has 3 heteroatoms. The van der Waals surface area contributed by atoms with Crippen molar-refractivity contribution < 1.29 is 9.50 Å². The molecule has 1 N–H and O–H groups in total. The quantitative estimate of drug-likeness (QED) is 0.877. The second-order valence-electron chi connectivity index (χ2n) is 4.43. The van der Waals surface area contributed by atoms with Crippen molar-refractivity contribution >= 4 is 15.9 Å². The van der Waals surface area contributed by atoms with Crippen molar-refractivity contribution in [3.63, 3.8) is 0 Å². The second kappa shape index (κ2) is 5.21. The number of rotatable bonds is 2. The molecule has 1 unspecified atom stereocenters. The maximum absolute atomic E-state index is 13.7. The zero-order valence-corrected chi connectivity index (χ0v) is 11.8. The van der Waals surface area contributed by atoms with Crippen molar-refractivity contribution in [2.75, 3.05) is 0 Å². The van der Waals surface area contributed by atoms with Crippen LogP contribution >= 0.6 is 15.9 Å². The molecule has 0 aliphatic carbocycles. The Labute approximate surface area is 114 Å². The Morgan fingerprint density at radius 3 is 2.44 bits per heavy atom. The molecule has 0 saturated carbocycles. The molecule has 0 bridgehead atoms. The van der Waals surface area contributed by atoms with Gasteiger partial charge in [0.25, 0.3) is 0 Å². The first kappa shape index (κ1) is 13.2. The minimum Gasteiger partial charge on any atom is -0.384 e. The van der Waals surface area contributed by atoms with Crippen LogP contribution in [0.4, 0.5) is 4.39 Å². The van der Waals surface area contributed by atoms with Gasteiger partial charge in [-0.3, -0.25) is 0 Å². The van der Waals surface area contributed by atoms with Gasteiger partial charge in [-0.1, -0.05) is 39.7 Å². The van der Waals surface area contributed by atoms with Crippen molar-refractivity contribution in [1.29, 1.82) is 0 Å². The van der Waals surface area contributed by atoms with Gasteiger partial charge in [0.1, 0.15) is 11.9 Å². The Balaban J connectivity index is 2.47. The highest BCUT2D eigenvalue weighted by Gasteiger charge is 2.17. The topological polar surface area (TPSA) is 20.2 Å². The number of hydrogen-bond donors (Lipinski definition) is 1. The molecule has 2 aromatic carbocycles. The molecule has 0 aliphatic rings. The van der Waals surface area contributed by atoms with Crippen LogP contribution in [0.25, 0.3) is 0 Å². The molecule has 0 aliphatic heterocycles. The molecule has 94 valence electrons. The van der Waals surface area contributed by atoms with E-state index < -0.39 is 11.9 Å². The standard InChI is InChI=1S/C15H14BrFO/c1-9-3-5-12(10(2)7-9)15(18)13-8-11(16)4-6-14(13)17/h3-8,15,18H,1-2H3. The van der Waals surface area contributed by atoms with E-state index >= 15 is 0 Å². The van der Waals surface area contributed by atoms with E-state index in [0.717, 1.165) is 21.2 Å². The summed E-state index contributed by atoms with van der Waals surface area (Å²) in [7, 11) is 0. The summed E-state index contributed by atoms with van der Waals surface area (Å²) in [5, 5.41) is 10.3. The van der Waals surface area contributed by atoms with Crippen molar-refractivity contribution in [1.82, 2.24) is 0 Å². The smallest absolute Gasteiger partial charge is 0.129 e. The largest absolute Gasteiger partial charge is 0.384 e. The van der Waals surface area contributed by atoms with Crippen LogP contribution in [0.5, 0.6) is 0 Å². The maximum atomic E-state index is 13.7. The van der Waals surface area contributed by atoms with Gasteiger partial charge >= 0.3 is 0 Å². The van der Waals surface area contributed by atoms with Gasteiger partial charge in [-0.25, -0.2) is 4.39 Å². The highest BCUT2D eigenvalue weighted by atomic mass is 79.9. The van der Waals surface area contributed by atoms with Crippen LogP contribution in [0, 0.1) is 19.7 Å². The van der Waals surface area contributed by atoms with Gasteiger partial charge in [0.2, 0.25) is 0 Å². The normalized spacial score (nSPS) is 12.5. The van der Waals surface area contributed by atoms with E-state index in [1.54, 1.807) is 12.1 Å². The van der Waals surface area contributed by atoms with E-state index in [4.69, 9.17) is 0 Å². The van der Waals surface area contributed by atoms with Crippen LogP contribution in [-0.4, -0.2) is 5.11 Å².